The summed E-state index contributed by atoms with van der Waals surface area (Å²) in [5.41, 5.74) is 6.76. The Balaban J connectivity index is 0.00000294. The zero-order valence-electron chi connectivity index (χ0n) is 22.2. The Bertz CT molecular complexity index is 1680. The number of ether oxygens (including phenoxy) is 1. The molecule has 2 aromatic carbocycles. The van der Waals surface area contributed by atoms with E-state index in [9.17, 15) is 0 Å². The number of thiophene rings is 2. The van der Waals surface area contributed by atoms with Gasteiger partial charge in [-0.15, -0.1) is 30.0 Å². The maximum atomic E-state index is 6.34. The Kier molecular flexibility index (Phi) is 7.19. The van der Waals surface area contributed by atoms with Gasteiger partial charge in [0.05, 0.1) is 0 Å². The van der Waals surface area contributed by atoms with Crippen LogP contribution < -0.4 is 9.64 Å². The van der Waals surface area contributed by atoms with Crippen LogP contribution in [0.2, 0.25) is 0 Å². The van der Waals surface area contributed by atoms with E-state index >= 15 is 0 Å². The molecule has 0 unspecified atom stereocenters. The summed E-state index contributed by atoms with van der Waals surface area (Å²) in [5.74, 6) is 0.671. The Morgan fingerprint density at radius 1 is 1.03 bits per heavy atom. The topological polar surface area (TPSA) is 28.6 Å². The number of fused-ring (bicyclic) bond motifs is 2. The molecular weight excluding hydrogens is 690 g/mol. The van der Waals surface area contributed by atoms with E-state index in [0.717, 1.165) is 32.1 Å². The van der Waals surface area contributed by atoms with Crippen molar-refractivity contribution in [2.75, 3.05) is 11.9 Å². The monoisotopic (exact) mass is 717 g/mol. The van der Waals surface area contributed by atoms with Crippen LogP contribution in [0.25, 0.3) is 31.4 Å². The number of hydrogen-bond acceptors (Lipinski definition) is 6. The smallest absolute Gasteiger partial charge is 0.107 e. The average molecular weight is 718 g/mol. The van der Waals surface area contributed by atoms with Gasteiger partial charge in [-0.05, 0) is 71.2 Å². The van der Waals surface area contributed by atoms with E-state index in [4.69, 9.17) is 9.72 Å². The normalized spacial score (nSPS) is 14.1. The molecule has 7 heteroatoms. The predicted molar refractivity (Wildman–Crippen MR) is 156 cm³/mol. The first-order chi connectivity index (χ1) is 17.7. The van der Waals surface area contributed by atoms with Gasteiger partial charge in [-0.25, -0.2) is 0 Å². The largest absolute Gasteiger partial charge is 0.508 e. The van der Waals surface area contributed by atoms with Crippen LogP contribution >= 0.6 is 22.7 Å². The standard InChI is InChI=1S/C31H28N3OS2.Pt/c1-19-20(2)34(18-33(19)6)23-8-7-9-24(16-23)35-28-17-25-27(37-28)14-21-11-13-36-30(21)29(25)26-15-22(10-12-32-26)31(3,4)5;/h7-15,18H,1-6H3;/q-3;. The van der Waals surface area contributed by atoms with E-state index in [1.165, 1.54) is 27.0 Å². The molecule has 198 valence electrons. The molecule has 6 rings (SSSR count). The van der Waals surface area contributed by atoms with Crippen LogP contribution in [0.5, 0.6) is 10.8 Å². The summed E-state index contributed by atoms with van der Waals surface area (Å²) >= 11 is 3.36. The van der Waals surface area contributed by atoms with Gasteiger partial charge in [0.1, 0.15) is 5.06 Å². The van der Waals surface area contributed by atoms with Gasteiger partial charge in [0, 0.05) is 44.4 Å². The summed E-state index contributed by atoms with van der Waals surface area (Å²) in [6.45, 7) is 13.0. The van der Waals surface area contributed by atoms with Crippen LogP contribution in [0.1, 0.15) is 40.2 Å². The van der Waals surface area contributed by atoms with Crippen LogP contribution in [0, 0.1) is 18.8 Å². The number of aromatic nitrogens is 1. The van der Waals surface area contributed by atoms with Gasteiger partial charge < -0.3 is 14.5 Å². The zero-order valence-corrected chi connectivity index (χ0v) is 26.1. The van der Waals surface area contributed by atoms with Crippen molar-refractivity contribution in [1.82, 2.24) is 9.88 Å². The summed E-state index contributed by atoms with van der Waals surface area (Å²) < 4.78 is 8.71. The van der Waals surface area contributed by atoms with Gasteiger partial charge in [0.2, 0.25) is 0 Å². The predicted octanol–water partition coefficient (Wildman–Crippen LogP) is 8.99. The van der Waals surface area contributed by atoms with Gasteiger partial charge >= 0.3 is 0 Å². The molecule has 38 heavy (non-hydrogen) atoms. The molecule has 0 radical (unpaired) electrons. The molecule has 0 atom stereocenters. The Hall–Kier alpha value is -2.66. The number of hydrogen-bond donors (Lipinski definition) is 0. The average Bonchev–Trinajstić information content (AvgIpc) is 3.56. The van der Waals surface area contributed by atoms with Gasteiger partial charge in [0.25, 0.3) is 0 Å². The SMILES string of the molecule is CC1=C(C)N(c2[c-]c(Oc3[c-]c4c(-c5cc(C(C)(C)C)ccn5)c5sccc5cc4s3)ccc2)[CH-]N1C.[Pt]. The molecule has 1 aliphatic rings. The van der Waals surface area contributed by atoms with Gasteiger partial charge in [0.15, 0.2) is 0 Å². The molecule has 4 heterocycles. The molecule has 1 aliphatic heterocycles. The minimum atomic E-state index is 0. The van der Waals surface area contributed by atoms with Crippen LogP contribution in [-0.2, 0) is 26.5 Å². The summed E-state index contributed by atoms with van der Waals surface area (Å²) in [7, 11) is 2.06. The van der Waals surface area contributed by atoms with Crippen LogP contribution in [-0.4, -0.2) is 16.9 Å². The second-order valence-corrected chi connectivity index (χ2v) is 12.4. The summed E-state index contributed by atoms with van der Waals surface area (Å²) in [4.78, 5) is 9.05. The maximum Gasteiger partial charge on any atom is 0.107 e. The summed E-state index contributed by atoms with van der Waals surface area (Å²) in [5, 5.41) is 5.14. The van der Waals surface area contributed by atoms with Crippen molar-refractivity contribution in [1.29, 1.82) is 0 Å². The Labute approximate surface area is 246 Å². The number of nitrogens with zero attached hydrogens (tertiary/aromatic N) is 3. The quantitative estimate of drug-likeness (QED) is 0.174. The fourth-order valence-electron chi connectivity index (χ4n) is 4.60. The molecule has 0 N–H and O–H groups in total. The number of rotatable bonds is 4. The van der Waals surface area contributed by atoms with Crippen molar-refractivity contribution in [3.05, 3.63) is 89.8 Å². The molecule has 0 fully saturated rings. The van der Waals surface area contributed by atoms with Crippen molar-refractivity contribution in [2.45, 2.75) is 40.0 Å². The molecule has 3 aromatic heterocycles. The Morgan fingerprint density at radius 2 is 1.84 bits per heavy atom. The second kappa shape index (κ2) is 10.1. The van der Waals surface area contributed by atoms with Gasteiger partial charge in [-0.2, -0.15) is 40.8 Å². The molecular formula is C31H28N3OPtS2-3. The first-order valence-corrected chi connectivity index (χ1v) is 14.0. The fourth-order valence-corrected chi connectivity index (χ4v) is 6.46. The van der Waals surface area contributed by atoms with E-state index < -0.39 is 0 Å². The van der Waals surface area contributed by atoms with E-state index in [1.807, 2.05) is 24.4 Å². The molecule has 0 bridgehead atoms. The molecule has 4 nitrogen and oxygen atoms in total. The number of benzene rings is 2. The maximum absolute atomic E-state index is 6.34. The summed E-state index contributed by atoms with van der Waals surface area (Å²) in [6, 6.07) is 21.7. The Morgan fingerprint density at radius 3 is 2.58 bits per heavy atom. The second-order valence-electron chi connectivity index (χ2n) is 10.4. The fraction of sp³-hybridized carbons (Fsp3) is 0.226. The zero-order chi connectivity index (χ0) is 25.9. The summed E-state index contributed by atoms with van der Waals surface area (Å²) in [6.07, 6.45) is 1.92. The van der Waals surface area contributed by atoms with Crippen molar-refractivity contribution in [3.8, 4) is 22.1 Å². The molecule has 0 spiro atoms. The molecule has 0 saturated heterocycles. The van der Waals surface area contributed by atoms with Crippen molar-refractivity contribution >= 4 is 48.5 Å². The van der Waals surface area contributed by atoms with Gasteiger partial charge in [-0.1, -0.05) is 37.1 Å². The number of allylic oxidation sites excluding steroid dienone is 2. The minimum absolute atomic E-state index is 0. The van der Waals surface area contributed by atoms with E-state index in [1.54, 1.807) is 22.7 Å². The van der Waals surface area contributed by atoms with Crippen LogP contribution in [0.15, 0.2) is 65.4 Å². The van der Waals surface area contributed by atoms with Gasteiger partial charge in [-0.3, -0.25) is 4.98 Å². The van der Waals surface area contributed by atoms with Crippen LogP contribution in [0.3, 0.4) is 0 Å². The van der Waals surface area contributed by atoms with Crippen molar-refractivity contribution < 1.29 is 25.8 Å². The number of anilines is 1. The molecule has 0 saturated carbocycles. The van der Waals surface area contributed by atoms with Crippen molar-refractivity contribution in [3.63, 3.8) is 0 Å². The third kappa shape index (κ3) is 4.79. The first-order valence-electron chi connectivity index (χ1n) is 12.3. The van der Waals surface area contributed by atoms with E-state index in [2.05, 4.69) is 99.9 Å². The van der Waals surface area contributed by atoms with Crippen molar-refractivity contribution in [2.24, 2.45) is 0 Å². The third-order valence-corrected chi connectivity index (χ3v) is 8.80. The first kappa shape index (κ1) is 26.9. The number of pyridine rings is 1. The third-order valence-electron chi connectivity index (χ3n) is 6.94. The van der Waals surface area contributed by atoms with E-state index in [0.29, 0.717) is 5.75 Å². The van der Waals surface area contributed by atoms with E-state index in [-0.39, 0.29) is 26.5 Å². The molecule has 5 aromatic rings. The minimum Gasteiger partial charge on any atom is -0.508 e. The molecule has 0 aliphatic carbocycles. The van der Waals surface area contributed by atoms with Crippen LogP contribution in [0.4, 0.5) is 5.69 Å². The molecule has 0 amide bonds.